The third kappa shape index (κ3) is 5.18. The molecule has 9 heteroatoms. The molecule has 1 heterocycles. The van der Waals surface area contributed by atoms with Crippen LogP contribution in [-0.4, -0.2) is 60.9 Å². The normalized spacial score (nSPS) is 13.9. The van der Waals surface area contributed by atoms with Gasteiger partial charge in [0.15, 0.2) is 6.61 Å². The van der Waals surface area contributed by atoms with E-state index in [-0.39, 0.29) is 30.1 Å². The summed E-state index contributed by atoms with van der Waals surface area (Å²) in [4.78, 5) is 61.6. The van der Waals surface area contributed by atoms with Crippen molar-refractivity contribution in [2.75, 3.05) is 20.3 Å². The van der Waals surface area contributed by atoms with Gasteiger partial charge in [0, 0.05) is 13.0 Å². The highest BCUT2D eigenvalue weighted by molar-refractivity contribution is 6.22. The standard InChI is InChI=1S/C20H24N2O7/c1-12(2)17(22-18(25)13-7-4-5-8-14(13)19(22)26)20(27)29-11-15(23)21-10-6-9-16(24)28-3/h4-5,7-8,12,17H,6,9-11H2,1-3H3,(H,21,23)/t17-/m1/s1. The van der Waals surface area contributed by atoms with E-state index in [0.717, 1.165) is 4.90 Å². The van der Waals surface area contributed by atoms with Crippen molar-refractivity contribution in [1.82, 2.24) is 10.2 Å². The summed E-state index contributed by atoms with van der Waals surface area (Å²) in [5, 5.41) is 2.52. The number of carbonyl (C=O) groups excluding carboxylic acids is 5. The second kappa shape index (κ2) is 9.81. The van der Waals surface area contributed by atoms with Crippen LogP contribution in [0, 0.1) is 5.92 Å². The van der Waals surface area contributed by atoms with E-state index in [1.54, 1.807) is 26.0 Å². The molecule has 0 unspecified atom stereocenters. The summed E-state index contributed by atoms with van der Waals surface area (Å²) in [5.74, 6) is -3.30. The Balaban J connectivity index is 1.94. The van der Waals surface area contributed by atoms with E-state index in [2.05, 4.69) is 10.1 Å². The Morgan fingerprint density at radius 2 is 1.66 bits per heavy atom. The SMILES string of the molecule is COC(=O)CCCNC(=O)COC(=O)[C@@H](C(C)C)N1C(=O)c2ccccc2C1=O. The second-order valence-electron chi connectivity index (χ2n) is 6.85. The first-order chi connectivity index (χ1) is 13.8. The van der Waals surface area contributed by atoms with Crippen LogP contribution >= 0.6 is 0 Å². The van der Waals surface area contributed by atoms with Crippen LogP contribution in [0.25, 0.3) is 0 Å². The first-order valence-corrected chi connectivity index (χ1v) is 9.25. The third-order valence-corrected chi connectivity index (χ3v) is 4.43. The first-order valence-electron chi connectivity index (χ1n) is 9.25. The molecule has 0 aromatic heterocycles. The van der Waals surface area contributed by atoms with Crippen LogP contribution in [0.2, 0.25) is 0 Å². The van der Waals surface area contributed by atoms with E-state index in [0.29, 0.717) is 6.42 Å². The van der Waals surface area contributed by atoms with E-state index >= 15 is 0 Å². The minimum atomic E-state index is -1.14. The Kier molecular flexibility index (Phi) is 7.46. The Hall–Kier alpha value is -3.23. The molecule has 0 fully saturated rings. The van der Waals surface area contributed by atoms with Crippen molar-refractivity contribution in [1.29, 1.82) is 0 Å². The van der Waals surface area contributed by atoms with Gasteiger partial charge in [-0.25, -0.2) is 4.79 Å². The number of imide groups is 1. The maximum Gasteiger partial charge on any atom is 0.330 e. The van der Waals surface area contributed by atoms with Gasteiger partial charge in [-0.05, 0) is 24.5 Å². The minimum absolute atomic E-state index is 0.158. The maximum absolute atomic E-state index is 12.6. The molecule has 1 aromatic carbocycles. The molecule has 0 radical (unpaired) electrons. The van der Waals surface area contributed by atoms with Gasteiger partial charge in [0.1, 0.15) is 6.04 Å². The molecule has 1 atom stereocenters. The van der Waals surface area contributed by atoms with Gasteiger partial charge in [-0.15, -0.1) is 0 Å². The number of carbonyl (C=O) groups is 5. The lowest BCUT2D eigenvalue weighted by molar-refractivity contribution is -0.153. The number of benzene rings is 1. The zero-order valence-corrected chi connectivity index (χ0v) is 16.6. The van der Waals surface area contributed by atoms with E-state index in [9.17, 15) is 24.0 Å². The van der Waals surface area contributed by atoms with Gasteiger partial charge in [-0.3, -0.25) is 24.1 Å². The van der Waals surface area contributed by atoms with Crippen LogP contribution in [0.1, 0.15) is 47.4 Å². The number of nitrogens with one attached hydrogen (secondary N) is 1. The van der Waals surface area contributed by atoms with Crippen molar-refractivity contribution >= 4 is 29.7 Å². The number of methoxy groups -OCH3 is 1. The summed E-state index contributed by atoms with van der Waals surface area (Å²) in [6.45, 7) is 3.03. The molecule has 1 aromatic rings. The van der Waals surface area contributed by atoms with Gasteiger partial charge in [0.25, 0.3) is 17.7 Å². The molecule has 0 aliphatic carbocycles. The number of nitrogens with zero attached hydrogens (tertiary/aromatic N) is 1. The van der Waals surface area contributed by atoms with Crippen molar-refractivity contribution in [2.24, 2.45) is 5.92 Å². The molecule has 1 aliphatic rings. The maximum atomic E-state index is 12.6. The molecular weight excluding hydrogens is 380 g/mol. The quantitative estimate of drug-likeness (QED) is 0.369. The van der Waals surface area contributed by atoms with Crippen LogP contribution in [0.3, 0.4) is 0 Å². The van der Waals surface area contributed by atoms with Gasteiger partial charge >= 0.3 is 11.9 Å². The number of ether oxygens (including phenoxy) is 2. The molecule has 156 valence electrons. The molecule has 1 aliphatic heterocycles. The van der Waals surface area contributed by atoms with Gasteiger partial charge in [0.2, 0.25) is 0 Å². The number of fused-ring (bicyclic) bond motifs is 1. The zero-order valence-electron chi connectivity index (χ0n) is 16.6. The predicted octanol–water partition coefficient (Wildman–Crippen LogP) is 0.920. The molecule has 0 spiro atoms. The summed E-state index contributed by atoms with van der Waals surface area (Å²) in [6, 6.07) is 5.19. The molecule has 0 saturated heterocycles. The van der Waals surface area contributed by atoms with Crippen LogP contribution in [-0.2, 0) is 23.9 Å². The molecule has 0 bridgehead atoms. The molecule has 1 N–H and O–H groups in total. The van der Waals surface area contributed by atoms with Gasteiger partial charge in [-0.2, -0.15) is 0 Å². The molecule has 2 rings (SSSR count). The topological polar surface area (TPSA) is 119 Å². The van der Waals surface area contributed by atoms with Crippen LogP contribution in [0.4, 0.5) is 0 Å². The van der Waals surface area contributed by atoms with Gasteiger partial charge < -0.3 is 14.8 Å². The largest absolute Gasteiger partial charge is 0.469 e. The number of amides is 3. The predicted molar refractivity (Wildman–Crippen MR) is 101 cm³/mol. The number of esters is 2. The smallest absolute Gasteiger partial charge is 0.330 e. The Bertz CT molecular complexity index is 784. The number of hydrogen-bond acceptors (Lipinski definition) is 7. The number of hydrogen-bond donors (Lipinski definition) is 1. The summed E-state index contributed by atoms with van der Waals surface area (Å²) in [5.41, 5.74) is 0.471. The first kappa shape index (κ1) is 22.1. The minimum Gasteiger partial charge on any atom is -0.469 e. The Morgan fingerprint density at radius 1 is 1.07 bits per heavy atom. The van der Waals surface area contributed by atoms with E-state index in [1.807, 2.05) is 0 Å². The van der Waals surface area contributed by atoms with E-state index in [1.165, 1.54) is 19.2 Å². The molecule has 0 saturated carbocycles. The van der Waals surface area contributed by atoms with Crippen molar-refractivity contribution in [3.8, 4) is 0 Å². The summed E-state index contributed by atoms with van der Waals surface area (Å²) < 4.78 is 9.54. The van der Waals surface area contributed by atoms with Gasteiger partial charge in [0.05, 0.1) is 18.2 Å². The lowest BCUT2D eigenvalue weighted by atomic mass is 10.0. The molecule has 9 nitrogen and oxygen atoms in total. The van der Waals surface area contributed by atoms with Crippen molar-refractivity contribution in [2.45, 2.75) is 32.7 Å². The van der Waals surface area contributed by atoms with Crippen LogP contribution in [0.15, 0.2) is 24.3 Å². The fraction of sp³-hybridized carbons (Fsp3) is 0.450. The van der Waals surface area contributed by atoms with Crippen molar-refractivity contribution < 1.29 is 33.4 Å². The molecule has 29 heavy (non-hydrogen) atoms. The average Bonchev–Trinajstić information content (AvgIpc) is 2.95. The lowest BCUT2D eigenvalue weighted by Crippen LogP contribution is -2.49. The van der Waals surface area contributed by atoms with Crippen molar-refractivity contribution in [3.63, 3.8) is 0 Å². The number of rotatable bonds is 9. The van der Waals surface area contributed by atoms with Crippen molar-refractivity contribution in [3.05, 3.63) is 35.4 Å². The monoisotopic (exact) mass is 404 g/mol. The summed E-state index contributed by atoms with van der Waals surface area (Å²) in [6.07, 6.45) is 0.543. The highest BCUT2D eigenvalue weighted by atomic mass is 16.5. The van der Waals surface area contributed by atoms with E-state index in [4.69, 9.17) is 4.74 Å². The fourth-order valence-electron chi connectivity index (χ4n) is 2.97. The summed E-state index contributed by atoms with van der Waals surface area (Å²) >= 11 is 0. The Morgan fingerprint density at radius 3 is 2.17 bits per heavy atom. The average molecular weight is 404 g/mol. The highest BCUT2D eigenvalue weighted by Crippen LogP contribution is 2.27. The fourth-order valence-corrected chi connectivity index (χ4v) is 2.97. The van der Waals surface area contributed by atoms with Crippen LogP contribution < -0.4 is 5.32 Å². The zero-order chi connectivity index (χ0) is 21.6. The van der Waals surface area contributed by atoms with Crippen LogP contribution in [0.5, 0.6) is 0 Å². The summed E-state index contributed by atoms with van der Waals surface area (Å²) in [7, 11) is 1.28. The lowest BCUT2D eigenvalue weighted by Gasteiger charge is -2.27. The van der Waals surface area contributed by atoms with Gasteiger partial charge in [-0.1, -0.05) is 26.0 Å². The Labute approximate surface area is 168 Å². The molecule has 3 amide bonds. The highest BCUT2D eigenvalue weighted by Gasteiger charge is 2.44. The third-order valence-electron chi connectivity index (χ3n) is 4.43. The van der Waals surface area contributed by atoms with E-state index < -0.39 is 42.3 Å². The molecular formula is C20H24N2O7. The second-order valence-corrected chi connectivity index (χ2v) is 6.85.